The first-order valence-electron chi connectivity index (χ1n) is 10.3. The predicted octanol–water partition coefficient (Wildman–Crippen LogP) is 3.99. The van der Waals surface area contributed by atoms with E-state index in [1.54, 1.807) is 0 Å². The predicted molar refractivity (Wildman–Crippen MR) is 118 cm³/mol. The summed E-state index contributed by atoms with van der Waals surface area (Å²) in [4.78, 5) is 11.1. The van der Waals surface area contributed by atoms with Crippen molar-refractivity contribution in [3.63, 3.8) is 0 Å². The van der Waals surface area contributed by atoms with E-state index in [0.717, 1.165) is 48.2 Å². The molecule has 0 unspecified atom stereocenters. The first-order chi connectivity index (χ1) is 14.0. The number of ether oxygens (including phenoxy) is 1. The van der Waals surface area contributed by atoms with Crippen LogP contribution in [0.2, 0.25) is 0 Å². The van der Waals surface area contributed by atoms with Crippen LogP contribution in [0.3, 0.4) is 0 Å². The fraction of sp³-hybridized carbons (Fsp3) is 0.391. The molecule has 1 aliphatic heterocycles. The van der Waals surface area contributed by atoms with Crippen molar-refractivity contribution in [2.75, 3.05) is 4.90 Å². The molecule has 2 aromatic carbocycles. The number of benzene rings is 2. The lowest BCUT2D eigenvalue weighted by Gasteiger charge is -2.45. The molecule has 29 heavy (non-hydrogen) atoms. The van der Waals surface area contributed by atoms with Crippen molar-refractivity contribution >= 4 is 17.6 Å². The van der Waals surface area contributed by atoms with Gasteiger partial charge in [0.05, 0.1) is 0 Å². The Morgan fingerprint density at radius 2 is 1.83 bits per heavy atom. The fourth-order valence-electron chi connectivity index (χ4n) is 4.40. The maximum Gasteiger partial charge on any atom is 0.220 e. The Morgan fingerprint density at radius 3 is 2.59 bits per heavy atom. The van der Waals surface area contributed by atoms with Gasteiger partial charge in [0.2, 0.25) is 11.9 Å². The Labute approximate surface area is 172 Å². The summed E-state index contributed by atoms with van der Waals surface area (Å²) in [6.45, 7) is 4.64. The first-order valence-corrected chi connectivity index (χ1v) is 10.3. The minimum atomic E-state index is -0.429. The van der Waals surface area contributed by atoms with Crippen LogP contribution in [0.15, 0.2) is 52.4 Å². The summed E-state index contributed by atoms with van der Waals surface area (Å²) < 4.78 is 6.07. The number of rotatable bonds is 4. The van der Waals surface area contributed by atoms with Gasteiger partial charge in [-0.2, -0.15) is 4.99 Å². The van der Waals surface area contributed by atoms with E-state index in [4.69, 9.17) is 21.2 Å². The molecule has 0 radical (unpaired) electrons. The zero-order valence-electron chi connectivity index (χ0n) is 17.2. The van der Waals surface area contributed by atoms with E-state index in [-0.39, 0.29) is 5.96 Å². The highest BCUT2D eigenvalue weighted by atomic mass is 16.5. The second kappa shape index (κ2) is 7.78. The lowest BCUT2D eigenvalue weighted by molar-refractivity contribution is 0.301. The van der Waals surface area contributed by atoms with Crippen molar-refractivity contribution in [2.24, 2.45) is 21.5 Å². The molecule has 6 nitrogen and oxygen atoms in total. The van der Waals surface area contributed by atoms with E-state index < -0.39 is 5.66 Å². The van der Waals surface area contributed by atoms with Gasteiger partial charge in [-0.15, -0.1) is 0 Å². The van der Waals surface area contributed by atoms with Crippen LogP contribution >= 0.6 is 0 Å². The van der Waals surface area contributed by atoms with Crippen molar-refractivity contribution < 1.29 is 4.74 Å². The van der Waals surface area contributed by atoms with E-state index in [2.05, 4.69) is 54.1 Å². The van der Waals surface area contributed by atoms with Crippen LogP contribution in [-0.4, -0.2) is 17.6 Å². The SMILES string of the molecule is Cc1ccc(OCc2cccc(N3C(N)=NC(N)=NC34CCCCC4)c2)c(C)c1. The molecule has 152 valence electrons. The summed E-state index contributed by atoms with van der Waals surface area (Å²) in [6, 6.07) is 14.5. The Kier molecular flexibility index (Phi) is 5.18. The molecule has 1 heterocycles. The van der Waals surface area contributed by atoms with Crippen LogP contribution in [0.4, 0.5) is 5.69 Å². The van der Waals surface area contributed by atoms with E-state index >= 15 is 0 Å². The molecule has 1 saturated carbocycles. The lowest BCUT2D eigenvalue weighted by atomic mass is 9.87. The molecule has 1 spiro atoms. The number of nitrogens with zero attached hydrogens (tertiary/aromatic N) is 3. The standard InChI is InChI=1S/C23H29N5O/c1-16-9-10-20(17(2)13-16)29-15-18-7-6-8-19(14-18)28-22(25)26-21(24)27-23(28)11-4-3-5-12-23/h6-10,13-14H,3-5,11-12,15H2,1-2H3,(H4,24,25,26,27). The fourth-order valence-corrected chi connectivity index (χ4v) is 4.40. The van der Waals surface area contributed by atoms with Crippen LogP contribution in [0.5, 0.6) is 5.75 Å². The second-order valence-corrected chi connectivity index (χ2v) is 8.05. The van der Waals surface area contributed by atoms with Crippen LogP contribution in [0.1, 0.15) is 48.8 Å². The Hall–Kier alpha value is -3.02. The molecule has 1 aliphatic carbocycles. The maximum atomic E-state index is 6.34. The summed E-state index contributed by atoms with van der Waals surface area (Å²) in [6.07, 6.45) is 5.28. The maximum absolute atomic E-state index is 6.34. The number of guanidine groups is 2. The number of hydrogen-bond acceptors (Lipinski definition) is 6. The molecule has 4 rings (SSSR count). The topological polar surface area (TPSA) is 89.2 Å². The summed E-state index contributed by atoms with van der Waals surface area (Å²) >= 11 is 0. The van der Waals surface area contributed by atoms with Gasteiger partial charge in [-0.25, -0.2) is 4.99 Å². The van der Waals surface area contributed by atoms with Crippen molar-refractivity contribution in [2.45, 2.75) is 58.2 Å². The monoisotopic (exact) mass is 391 g/mol. The van der Waals surface area contributed by atoms with Crippen LogP contribution in [-0.2, 0) is 6.61 Å². The van der Waals surface area contributed by atoms with Gasteiger partial charge in [-0.1, -0.05) is 36.2 Å². The number of aliphatic imine (C=N–C) groups is 2. The van der Waals surface area contributed by atoms with Crippen LogP contribution in [0, 0.1) is 13.8 Å². The zero-order chi connectivity index (χ0) is 20.4. The van der Waals surface area contributed by atoms with Gasteiger partial charge in [-0.3, -0.25) is 4.90 Å². The van der Waals surface area contributed by atoms with E-state index in [1.807, 2.05) is 12.1 Å². The normalized spacial score (nSPS) is 18.3. The molecule has 6 heteroatoms. The Morgan fingerprint density at radius 1 is 1.03 bits per heavy atom. The molecular weight excluding hydrogens is 362 g/mol. The molecule has 0 bridgehead atoms. The van der Waals surface area contributed by atoms with Gasteiger partial charge in [0, 0.05) is 5.69 Å². The summed E-state index contributed by atoms with van der Waals surface area (Å²) in [5, 5.41) is 0. The van der Waals surface area contributed by atoms with Crippen LogP contribution in [0.25, 0.3) is 0 Å². The lowest BCUT2D eigenvalue weighted by Crippen LogP contribution is -2.58. The molecule has 0 aromatic heterocycles. The molecule has 2 aliphatic rings. The van der Waals surface area contributed by atoms with E-state index in [0.29, 0.717) is 12.6 Å². The number of anilines is 1. The molecule has 1 fully saturated rings. The highest BCUT2D eigenvalue weighted by Crippen LogP contribution is 2.39. The number of aryl methyl sites for hydroxylation is 2. The van der Waals surface area contributed by atoms with Gasteiger partial charge in [0.1, 0.15) is 18.0 Å². The largest absolute Gasteiger partial charge is 0.489 e. The van der Waals surface area contributed by atoms with Crippen LogP contribution < -0.4 is 21.1 Å². The van der Waals surface area contributed by atoms with E-state index in [1.165, 1.54) is 12.0 Å². The smallest absolute Gasteiger partial charge is 0.220 e. The number of hydrogen-bond donors (Lipinski definition) is 2. The highest BCUT2D eigenvalue weighted by molar-refractivity contribution is 6.05. The highest BCUT2D eigenvalue weighted by Gasteiger charge is 2.42. The zero-order valence-corrected chi connectivity index (χ0v) is 17.2. The molecular formula is C23H29N5O. The third-order valence-electron chi connectivity index (χ3n) is 5.74. The molecule has 2 aromatic rings. The van der Waals surface area contributed by atoms with Crippen molar-refractivity contribution in [3.05, 3.63) is 59.2 Å². The van der Waals surface area contributed by atoms with Gasteiger partial charge < -0.3 is 16.2 Å². The van der Waals surface area contributed by atoms with Crippen molar-refractivity contribution in [1.29, 1.82) is 0 Å². The van der Waals surface area contributed by atoms with Gasteiger partial charge in [0.15, 0.2) is 0 Å². The van der Waals surface area contributed by atoms with E-state index in [9.17, 15) is 0 Å². The average Bonchev–Trinajstić information content (AvgIpc) is 2.67. The summed E-state index contributed by atoms with van der Waals surface area (Å²) in [5.74, 6) is 1.59. The second-order valence-electron chi connectivity index (χ2n) is 8.05. The molecule has 0 amide bonds. The van der Waals surface area contributed by atoms with Gasteiger partial charge >= 0.3 is 0 Å². The Balaban J connectivity index is 1.59. The number of nitrogens with two attached hydrogens (primary N) is 2. The quantitative estimate of drug-likeness (QED) is 0.825. The van der Waals surface area contributed by atoms with Crippen molar-refractivity contribution in [3.8, 4) is 5.75 Å². The first kappa shape index (κ1) is 19.3. The van der Waals surface area contributed by atoms with Crippen molar-refractivity contribution in [1.82, 2.24) is 0 Å². The van der Waals surface area contributed by atoms with Gasteiger partial charge in [0.25, 0.3) is 0 Å². The minimum Gasteiger partial charge on any atom is -0.489 e. The third-order valence-corrected chi connectivity index (χ3v) is 5.74. The molecule has 4 N–H and O–H groups in total. The average molecular weight is 392 g/mol. The minimum absolute atomic E-state index is 0.273. The summed E-state index contributed by atoms with van der Waals surface area (Å²) in [7, 11) is 0. The molecule has 0 atom stereocenters. The Bertz CT molecular complexity index is 959. The van der Waals surface area contributed by atoms with Gasteiger partial charge in [-0.05, 0) is 68.9 Å². The summed E-state index contributed by atoms with van der Waals surface area (Å²) in [5.41, 5.74) is 16.3. The molecule has 0 saturated heterocycles. The third kappa shape index (κ3) is 3.92.